The Labute approximate surface area is 122 Å². The Bertz CT molecular complexity index is 781. The molecule has 0 spiro atoms. The largest absolute Gasteiger partial charge is 0.271 e. The number of aromatic nitrogens is 1. The zero-order chi connectivity index (χ0) is 14.8. The lowest BCUT2D eigenvalue weighted by atomic mass is 9.94. The molecule has 0 saturated heterocycles. The van der Waals surface area contributed by atoms with Gasteiger partial charge in [-0.25, -0.2) is 9.82 Å². The van der Waals surface area contributed by atoms with E-state index in [0.717, 1.165) is 22.0 Å². The number of aryl methyl sites for hydroxylation is 1. The molecule has 2 aromatic carbocycles. The van der Waals surface area contributed by atoms with Gasteiger partial charge in [-0.2, -0.15) is 0 Å². The number of hydrazine groups is 1. The fourth-order valence-electron chi connectivity index (χ4n) is 2.59. The zero-order valence-corrected chi connectivity index (χ0v) is 11.7. The van der Waals surface area contributed by atoms with Gasteiger partial charge in [-0.3, -0.25) is 10.8 Å². The quantitative estimate of drug-likeness (QED) is 0.572. The average Bonchev–Trinajstić information content (AvgIpc) is 2.52. The van der Waals surface area contributed by atoms with Gasteiger partial charge in [0.25, 0.3) is 0 Å². The Morgan fingerprint density at radius 2 is 2.00 bits per heavy atom. The summed E-state index contributed by atoms with van der Waals surface area (Å²) < 4.78 is 13.5. The van der Waals surface area contributed by atoms with Crippen molar-refractivity contribution in [1.29, 1.82) is 0 Å². The highest BCUT2D eigenvalue weighted by atomic mass is 19.1. The SMILES string of the molecule is Cc1cc(C(NN)c2cccc3ncccc23)ccc1F. The summed E-state index contributed by atoms with van der Waals surface area (Å²) in [7, 11) is 0. The Morgan fingerprint density at radius 3 is 2.76 bits per heavy atom. The molecule has 0 aliphatic heterocycles. The molecule has 3 nitrogen and oxygen atoms in total. The number of benzene rings is 2. The molecule has 106 valence electrons. The maximum atomic E-state index is 13.5. The standard InChI is InChI=1S/C17H16FN3/c1-11-10-12(7-8-15(11)18)17(21-19)14-4-2-6-16-13(14)5-3-9-20-16/h2-10,17,21H,19H2,1H3. The summed E-state index contributed by atoms with van der Waals surface area (Å²) in [5.74, 6) is 5.54. The molecular weight excluding hydrogens is 265 g/mol. The van der Waals surface area contributed by atoms with Gasteiger partial charge >= 0.3 is 0 Å². The summed E-state index contributed by atoms with van der Waals surface area (Å²) in [5, 5.41) is 1.03. The number of rotatable bonds is 3. The maximum absolute atomic E-state index is 13.5. The van der Waals surface area contributed by atoms with Crippen LogP contribution in [0, 0.1) is 12.7 Å². The first-order valence-electron chi connectivity index (χ1n) is 6.76. The van der Waals surface area contributed by atoms with E-state index in [1.54, 1.807) is 19.2 Å². The molecule has 0 amide bonds. The lowest BCUT2D eigenvalue weighted by Crippen LogP contribution is -2.29. The predicted octanol–water partition coefficient (Wildman–Crippen LogP) is 3.24. The minimum absolute atomic E-state index is 0.211. The summed E-state index contributed by atoms with van der Waals surface area (Å²) >= 11 is 0. The number of hydrogen-bond acceptors (Lipinski definition) is 3. The van der Waals surface area contributed by atoms with Crippen LogP contribution in [0.5, 0.6) is 0 Å². The average molecular weight is 281 g/mol. The molecule has 21 heavy (non-hydrogen) atoms. The third-order valence-corrected chi connectivity index (χ3v) is 3.67. The lowest BCUT2D eigenvalue weighted by Gasteiger charge is -2.19. The molecule has 3 rings (SSSR count). The third-order valence-electron chi connectivity index (χ3n) is 3.67. The van der Waals surface area contributed by atoms with Crippen LogP contribution in [0.15, 0.2) is 54.7 Å². The molecule has 0 fully saturated rings. The summed E-state index contributed by atoms with van der Waals surface area (Å²) in [6.07, 6.45) is 1.76. The molecular formula is C17H16FN3. The molecule has 0 aliphatic carbocycles. The number of nitrogens with two attached hydrogens (primary N) is 1. The molecule has 0 saturated carbocycles. The van der Waals surface area contributed by atoms with Crippen molar-refractivity contribution in [2.75, 3.05) is 0 Å². The molecule has 0 radical (unpaired) electrons. The molecule has 0 bridgehead atoms. The Morgan fingerprint density at radius 1 is 1.14 bits per heavy atom. The summed E-state index contributed by atoms with van der Waals surface area (Å²) in [6.45, 7) is 1.75. The van der Waals surface area contributed by atoms with Crippen LogP contribution >= 0.6 is 0 Å². The zero-order valence-electron chi connectivity index (χ0n) is 11.7. The van der Waals surface area contributed by atoms with E-state index in [2.05, 4.69) is 10.4 Å². The number of nitrogens with one attached hydrogen (secondary N) is 1. The number of pyridine rings is 1. The van der Waals surface area contributed by atoms with Crippen LogP contribution < -0.4 is 11.3 Å². The molecule has 1 atom stereocenters. The van der Waals surface area contributed by atoms with Gasteiger partial charge in [0.1, 0.15) is 5.82 Å². The van der Waals surface area contributed by atoms with Gasteiger partial charge in [-0.15, -0.1) is 0 Å². The fraction of sp³-hybridized carbons (Fsp3) is 0.118. The van der Waals surface area contributed by atoms with E-state index < -0.39 is 0 Å². The highest BCUT2D eigenvalue weighted by molar-refractivity contribution is 5.83. The normalized spacial score (nSPS) is 12.5. The van der Waals surface area contributed by atoms with Gasteiger partial charge in [-0.1, -0.05) is 30.3 Å². The van der Waals surface area contributed by atoms with Gasteiger partial charge in [0.2, 0.25) is 0 Å². The Balaban J connectivity index is 2.16. The smallest absolute Gasteiger partial charge is 0.126 e. The van der Waals surface area contributed by atoms with E-state index in [-0.39, 0.29) is 11.9 Å². The van der Waals surface area contributed by atoms with Crippen LogP contribution in [0.25, 0.3) is 10.9 Å². The van der Waals surface area contributed by atoms with E-state index in [0.29, 0.717) is 5.56 Å². The van der Waals surface area contributed by atoms with E-state index in [1.165, 1.54) is 6.07 Å². The van der Waals surface area contributed by atoms with E-state index >= 15 is 0 Å². The molecule has 3 N–H and O–H groups in total. The first-order chi connectivity index (χ1) is 10.2. The van der Waals surface area contributed by atoms with E-state index in [4.69, 9.17) is 5.84 Å². The van der Waals surface area contributed by atoms with Gasteiger partial charge in [0.15, 0.2) is 0 Å². The van der Waals surface area contributed by atoms with Crippen molar-refractivity contribution in [2.45, 2.75) is 13.0 Å². The van der Waals surface area contributed by atoms with Crippen molar-refractivity contribution in [2.24, 2.45) is 5.84 Å². The Kier molecular flexibility index (Phi) is 3.64. The molecule has 1 aromatic heterocycles. The minimum Gasteiger partial charge on any atom is -0.271 e. The van der Waals surface area contributed by atoms with Crippen molar-refractivity contribution < 1.29 is 4.39 Å². The second kappa shape index (κ2) is 5.60. The summed E-state index contributed by atoms with van der Waals surface area (Å²) in [6, 6.07) is 14.7. The maximum Gasteiger partial charge on any atom is 0.126 e. The van der Waals surface area contributed by atoms with Crippen LogP contribution in [-0.4, -0.2) is 4.98 Å². The van der Waals surface area contributed by atoms with E-state index in [9.17, 15) is 4.39 Å². The molecule has 4 heteroatoms. The predicted molar refractivity (Wildman–Crippen MR) is 82.0 cm³/mol. The number of hydrogen-bond donors (Lipinski definition) is 2. The van der Waals surface area contributed by atoms with Crippen LogP contribution in [0.1, 0.15) is 22.7 Å². The van der Waals surface area contributed by atoms with Crippen LogP contribution in [0.3, 0.4) is 0 Å². The summed E-state index contributed by atoms with van der Waals surface area (Å²) in [4.78, 5) is 4.36. The minimum atomic E-state index is -0.214. The summed E-state index contributed by atoms with van der Waals surface area (Å²) in [5.41, 5.74) is 6.28. The van der Waals surface area contributed by atoms with Crippen LogP contribution in [-0.2, 0) is 0 Å². The number of nitrogens with zero attached hydrogens (tertiary/aromatic N) is 1. The van der Waals surface area contributed by atoms with Crippen molar-refractivity contribution in [3.63, 3.8) is 0 Å². The number of fused-ring (bicyclic) bond motifs is 1. The van der Waals surface area contributed by atoms with Crippen molar-refractivity contribution >= 4 is 10.9 Å². The number of halogens is 1. The van der Waals surface area contributed by atoms with Crippen molar-refractivity contribution in [3.05, 3.63) is 77.2 Å². The van der Waals surface area contributed by atoms with Gasteiger partial charge in [-0.05, 0) is 41.8 Å². The first-order valence-corrected chi connectivity index (χ1v) is 6.76. The topological polar surface area (TPSA) is 50.9 Å². The van der Waals surface area contributed by atoms with Crippen molar-refractivity contribution in [3.8, 4) is 0 Å². The highest BCUT2D eigenvalue weighted by Gasteiger charge is 2.16. The highest BCUT2D eigenvalue weighted by Crippen LogP contribution is 2.28. The van der Waals surface area contributed by atoms with Crippen LogP contribution in [0.2, 0.25) is 0 Å². The van der Waals surface area contributed by atoms with Gasteiger partial charge < -0.3 is 0 Å². The van der Waals surface area contributed by atoms with Gasteiger partial charge in [0.05, 0.1) is 11.6 Å². The molecule has 1 heterocycles. The van der Waals surface area contributed by atoms with Gasteiger partial charge in [0, 0.05) is 11.6 Å². The fourth-order valence-corrected chi connectivity index (χ4v) is 2.59. The lowest BCUT2D eigenvalue weighted by molar-refractivity contribution is 0.608. The second-order valence-electron chi connectivity index (χ2n) is 5.03. The van der Waals surface area contributed by atoms with Crippen LogP contribution in [0.4, 0.5) is 4.39 Å². The molecule has 0 aliphatic rings. The Hall–Kier alpha value is -2.30. The van der Waals surface area contributed by atoms with E-state index in [1.807, 2.05) is 36.4 Å². The second-order valence-corrected chi connectivity index (χ2v) is 5.03. The first kappa shape index (κ1) is 13.7. The molecule has 1 unspecified atom stereocenters. The monoisotopic (exact) mass is 281 g/mol. The molecule has 3 aromatic rings. The third kappa shape index (κ3) is 2.51. The van der Waals surface area contributed by atoms with Crippen molar-refractivity contribution in [1.82, 2.24) is 10.4 Å².